The first kappa shape index (κ1) is 20.2. The lowest BCUT2D eigenvalue weighted by molar-refractivity contribution is 0.331. The van der Waals surface area contributed by atoms with Gasteiger partial charge in [-0.15, -0.1) is 0 Å². The third-order valence-electron chi connectivity index (χ3n) is 5.23. The van der Waals surface area contributed by atoms with Crippen LogP contribution in [0.25, 0.3) is 0 Å². The van der Waals surface area contributed by atoms with Gasteiger partial charge in [0, 0.05) is 26.7 Å². The summed E-state index contributed by atoms with van der Waals surface area (Å²) in [5.41, 5.74) is 4.99. The predicted molar refractivity (Wildman–Crippen MR) is 116 cm³/mol. The van der Waals surface area contributed by atoms with E-state index < -0.39 is 0 Å². The molecule has 2 N–H and O–H groups in total. The van der Waals surface area contributed by atoms with E-state index in [9.17, 15) is 0 Å². The predicted octanol–water partition coefficient (Wildman–Crippen LogP) is 3.46. The number of nitrogens with one attached hydrogen (secondary N) is 2. The minimum absolute atomic E-state index is 0.722. The van der Waals surface area contributed by atoms with Crippen molar-refractivity contribution >= 4 is 5.96 Å². The summed E-state index contributed by atoms with van der Waals surface area (Å²) in [7, 11) is 3.50. The third-order valence-corrected chi connectivity index (χ3v) is 5.23. The Balaban J connectivity index is 1.46. The highest BCUT2D eigenvalue weighted by Gasteiger charge is 2.11. The van der Waals surface area contributed by atoms with Crippen LogP contribution in [0, 0.1) is 6.92 Å². The number of rotatable bonds is 7. The summed E-state index contributed by atoms with van der Waals surface area (Å²) in [5, 5.41) is 6.76. The Hall–Kier alpha value is -2.53. The van der Waals surface area contributed by atoms with E-state index >= 15 is 0 Å². The summed E-state index contributed by atoms with van der Waals surface area (Å²) >= 11 is 0. The van der Waals surface area contributed by atoms with E-state index in [0.717, 1.165) is 36.9 Å². The molecular weight excluding hydrogens is 348 g/mol. The maximum Gasteiger partial charge on any atom is 0.191 e. The highest BCUT2D eigenvalue weighted by molar-refractivity contribution is 5.79. The van der Waals surface area contributed by atoms with Gasteiger partial charge in [-0.2, -0.15) is 0 Å². The van der Waals surface area contributed by atoms with Gasteiger partial charge in [-0.05, 0) is 61.2 Å². The molecule has 1 heterocycles. The molecule has 0 aliphatic carbocycles. The Morgan fingerprint density at radius 1 is 0.964 bits per heavy atom. The molecule has 0 amide bonds. The molecule has 2 aromatic carbocycles. The molecule has 1 saturated heterocycles. The average molecular weight is 381 g/mol. The van der Waals surface area contributed by atoms with Gasteiger partial charge in [0.15, 0.2) is 5.96 Å². The lowest BCUT2D eigenvalue weighted by Crippen LogP contribution is -2.36. The third kappa shape index (κ3) is 5.73. The molecule has 0 atom stereocenters. The van der Waals surface area contributed by atoms with Crippen molar-refractivity contribution in [2.75, 3.05) is 27.2 Å². The zero-order valence-electron chi connectivity index (χ0n) is 17.3. The minimum Gasteiger partial charge on any atom is -0.496 e. The molecule has 0 bridgehead atoms. The van der Waals surface area contributed by atoms with Gasteiger partial charge in [0.2, 0.25) is 0 Å². The number of ether oxygens (including phenoxy) is 1. The maximum atomic E-state index is 5.32. The van der Waals surface area contributed by atoms with Gasteiger partial charge in [0.05, 0.1) is 7.11 Å². The van der Waals surface area contributed by atoms with E-state index in [0.29, 0.717) is 0 Å². The van der Waals surface area contributed by atoms with Crippen molar-refractivity contribution in [3.05, 3.63) is 64.7 Å². The lowest BCUT2D eigenvalue weighted by atomic mass is 10.1. The standard InChI is InChI=1S/C23H32N4O/c1-18-14-21(10-11-22(18)28-3)16-26-23(24-2)25-15-19-6-8-20(9-7-19)17-27-12-4-5-13-27/h6-11,14H,4-5,12-13,15-17H2,1-3H3,(H2,24,25,26). The number of hydrogen-bond acceptors (Lipinski definition) is 3. The highest BCUT2D eigenvalue weighted by atomic mass is 16.5. The monoisotopic (exact) mass is 380 g/mol. The van der Waals surface area contributed by atoms with Crippen LogP contribution in [0.4, 0.5) is 0 Å². The second-order valence-electron chi connectivity index (χ2n) is 7.38. The van der Waals surface area contributed by atoms with Crippen LogP contribution in [0.5, 0.6) is 5.75 Å². The molecule has 3 rings (SSSR count). The fourth-order valence-electron chi connectivity index (χ4n) is 3.60. The number of guanidine groups is 1. The van der Waals surface area contributed by atoms with E-state index in [4.69, 9.17) is 4.74 Å². The normalized spacial score (nSPS) is 14.9. The largest absolute Gasteiger partial charge is 0.496 e. The number of hydrogen-bond donors (Lipinski definition) is 2. The van der Waals surface area contributed by atoms with E-state index in [2.05, 4.69) is 63.8 Å². The number of benzene rings is 2. The average Bonchev–Trinajstić information content (AvgIpc) is 3.22. The van der Waals surface area contributed by atoms with Gasteiger partial charge in [0.25, 0.3) is 0 Å². The summed E-state index contributed by atoms with van der Waals surface area (Å²) in [4.78, 5) is 6.85. The van der Waals surface area contributed by atoms with Crippen LogP contribution >= 0.6 is 0 Å². The quantitative estimate of drug-likeness (QED) is 0.570. The Labute approximate surface area is 168 Å². The first-order valence-corrected chi connectivity index (χ1v) is 10.1. The van der Waals surface area contributed by atoms with Gasteiger partial charge in [-0.3, -0.25) is 9.89 Å². The van der Waals surface area contributed by atoms with Gasteiger partial charge in [-0.1, -0.05) is 36.4 Å². The van der Waals surface area contributed by atoms with Gasteiger partial charge >= 0.3 is 0 Å². The van der Waals surface area contributed by atoms with Crippen LogP contribution in [0.2, 0.25) is 0 Å². The van der Waals surface area contributed by atoms with E-state index in [-0.39, 0.29) is 0 Å². The zero-order chi connectivity index (χ0) is 19.8. The summed E-state index contributed by atoms with van der Waals surface area (Å²) in [6.45, 7) is 7.07. The smallest absolute Gasteiger partial charge is 0.191 e. The van der Waals surface area contributed by atoms with Gasteiger partial charge < -0.3 is 15.4 Å². The number of aryl methyl sites for hydroxylation is 1. The van der Waals surface area contributed by atoms with Gasteiger partial charge in [0.1, 0.15) is 5.75 Å². The number of methoxy groups -OCH3 is 1. The Bertz CT molecular complexity index is 780. The van der Waals surface area contributed by atoms with Crippen LogP contribution in [0.3, 0.4) is 0 Å². The minimum atomic E-state index is 0.722. The zero-order valence-corrected chi connectivity index (χ0v) is 17.3. The van der Waals surface area contributed by atoms with Crippen LogP contribution in [-0.2, 0) is 19.6 Å². The van der Waals surface area contributed by atoms with E-state index in [1.807, 2.05) is 6.07 Å². The molecule has 1 aliphatic heterocycles. The summed E-state index contributed by atoms with van der Waals surface area (Å²) in [6.07, 6.45) is 2.68. The van der Waals surface area contributed by atoms with Crippen molar-refractivity contribution in [2.24, 2.45) is 4.99 Å². The van der Waals surface area contributed by atoms with Crippen LogP contribution in [-0.4, -0.2) is 38.1 Å². The molecule has 1 aliphatic rings. The first-order valence-electron chi connectivity index (χ1n) is 10.1. The van der Waals surface area contributed by atoms with Gasteiger partial charge in [-0.25, -0.2) is 0 Å². The highest BCUT2D eigenvalue weighted by Crippen LogP contribution is 2.18. The lowest BCUT2D eigenvalue weighted by Gasteiger charge is -2.15. The molecule has 150 valence electrons. The summed E-state index contributed by atoms with van der Waals surface area (Å²) in [6, 6.07) is 15.1. The Morgan fingerprint density at radius 2 is 1.57 bits per heavy atom. The van der Waals surface area contributed by atoms with Crippen molar-refractivity contribution in [1.82, 2.24) is 15.5 Å². The molecule has 0 aromatic heterocycles. The van der Waals surface area contributed by atoms with Crippen molar-refractivity contribution in [3.63, 3.8) is 0 Å². The number of likely N-dealkylation sites (tertiary alicyclic amines) is 1. The fourth-order valence-corrected chi connectivity index (χ4v) is 3.60. The topological polar surface area (TPSA) is 48.9 Å². The molecule has 5 nitrogen and oxygen atoms in total. The second-order valence-corrected chi connectivity index (χ2v) is 7.38. The van der Waals surface area contributed by atoms with Crippen molar-refractivity contribution in [2.45, 2.75) is 39.4 Å². The second kappa shape index (κ2) is 10.1. The molecule has 5 heteroatoms. The molecule has 28 heavy (non-hydrogen) atoms. The maximum absolute atomic E-state index is 5.32. The molecule has 2 aromatic rings. The molecule has 0 saturated carbocycles. The van der Waals surface area contributed by atoms with Crippen LogP contribution < -0.4 is 15.4 Å². The molecule has 0 radical (unpaired) electrons. The Morgan fingerprint density at radius 3 is 2.18 bits per heavy atom. The summed E-state index contributed by atoms with van der Waals surface area (Å²) in [5.74, 6) is 1.72. The SMILES string of the molecule is CN=C(NCc1ccc(CN2CCCC2)cc1)NCc1ccc(OC)c(C)c1. The van der Waals surface area contributed by atoms with Crippen molar-refractivity contribution in [1.29, 1.82) is 0 Å². The first-order chi connectivity index (χ1) is 13.7. The molecule has 0 spiro atoms. The van der Waals surface area contributed by atoms with E-state index in [1.165, 1.54) is 42.6 Å². The fraction of sp³-hybridized carbons (Fsp3) is 0.435. The molecule has 1 fully saturated rings. The molecular formula is C23H32N4O. The molecule has 0 unspecified atom stereocenters. The van der Waals surface area contributed by atoms with Crippen molar-refractivity contribution in [3.8, 4) is 5.75 Å². The number of aliphatic imine (C=N–C) groups is 1. The summed E-state index contributed by atoms with van der Waals surface area (Å²) < 4.78 is 5.32. The Kier molecular flexibility index (Phi) is 7.31. The van der Waals surface area contributed by atoms with E-state index in [1.54, 1.807) is 14.2 Å². The number of nitrogens with zero attached hydrogens (tertiary/aromatic N) is 2. The van der Waals surface area contributed by atoms with Crippen LogP contribution in [0.1, 0.15) is 35.1 Å². The van der Waals surface area contributed by atoms with Crippen molar-refractivity contribution < 1.29 is 4.74 Å². The van der Waals surface area contributed by atoms with Crippen LogP contribution in [0.15, 0.2) is 47.5 Å².